The number of nitrogens with one attached hydrogen (secondary N) is 1. The third-order valence-electron chi connectivity index (χ3n) is 5.27. The Morgan fingerprint density at radius 2 is 2.03 bits per heavy atom. The lowest BCUT2D eigenvalue weighted by molar-refractivity contribution is 0.0795. The van der Waals surface area contributed by atoms with Gasteiger partial charge < -0.3 is 9.46 Å². The Balaban J connectivity index is 1.33. The molecule has 4 rings (SSSR count). The lowest BCUT2D eigenvalue weighted by Crippen LogP contribution is -2.39. The van der Waals surface area contributed by atoms with Crippen molar-refractivity contribution in [3.8, 4) is 5.75 Å². The van der Waals surface area contributed by atoms with E-state index in [1.165, 1.54) is 23.0 Å². The van der Waals surface area contributed by atoms with Crippen LogP contribution in [0.5, 0.6) is 5.75 Å². The van der Waals surface area contributed by atoms with Gasteiger partial charge in [0, 0.05) is 36.8 Å². The second kappa shape index (κ2) is 10.0. The Kier molecular flexibility index (Phi) is 7.15. The number of piperidine rings is 1. The van der Waals surface area contributed by atoms with Crippen LogP contribution in [0, 0.1) is 5.82 Å². The van der Waals surface area contributed by atoms with E-state index < -0.39 is 0 Å². The predicted molar refractivity (Wildman–Crippen MR) is 123 cm³/mol. The highest BCUT2D eigenvalue weighted by molar-refractivity contribution is 8.00. The molecule has 2 heterocycles. The summed E-state index contributed by atoms with van der Waals surface area (Å²) in [6.45, 7) is 4.11. The van der Waals surface area contributed by atoms with Crippen molar-refractivity contribution >= 4 is 40.0 Å². The van der Waals surface area contributed by atoms with Crippen molar-refractivity contribution in [1.29, 1.82) is 0 Å². The van der Waals surface area contributed by atoms with Crippen LogP contribution in [0.1, 0.15) is 31.4 Å². The molecule has 1 fully saturated rings. The van der Waals surface area contributed by atoms with Gasteiger partial charge >= 0.3 is 0 Å². The highest BCUT2D eigenvalue weighted by Crippen LogP contribution is 2.35. The average Bonchev–Trinajstić information content (AvgIpc) is 3.29. The number of hydrogen-bond acceptors (Lipinski definition) is 6. The standard InChI is InChI=1S/C22H23ClFN3OS2/c1-15(16-5-3-2-4-6-16)27-10-7-17(8-11-27)28-20-14-19(24)21(13-18(20)23)30-26-22-25-9-12-29-22/h2-6,9,12-15,17H,7-8,10-11H2,1H3,(H,25,26). The van der Waals surface area contributed by atoms with E-state index in [0.29, 0.717) is 26.8 Å². The van der Waals surface area contributed by atoms with Crippen molar-refractivity contribution in [2.75, 3.05) is 17.8 Å². The fraction of sp³-hybridized carbons (Fsp3) is 0.318. The van der Waals surface area contributed by atoms with E-state index in [4.69, 9.17) is 16.3 Å². The molecule has 1 aliphatic rings. The fourth-order valence-electron chi connectivity index (χ4n) is 3.55. The Labute approximate surface area is 189 Å². The van der Waals surface area contributed by atoms with E-state index in [2.05, 4.69) is 45.8 Å². The zero-order chi connectivity index (χ0) is 20.9. The van der Waals surface area contributed by atoms with Crippen LogP contribution in [0.25, 0.3) is 0 Å². The van der Waals surface area contributed by atoms with Crippen LogP contribution in [0.4, 0.5) is 9.52 Å². The predicted octanol–water partition coefficient (Wildman–Crippen LogP) is 6.66. The van der Waals surface area contributed by atoms with Gasteiger partial charge in [0.05, 0.1) is 9.92 Å². The highest BCUT2D eigenvalue weighted by Gasteiger charge is 2.25. The summed E-state index contributed by atoms with van der Waals surface area (Å²) in [4.78, 5) is 6.99. The first-order valence-corrected chi connectivity index (χ1v) is 11.9. The second-order valence-corrected chi connectivity index (χ2v) is 9.34. The van der Waals surface area contributed by atoms with Gasteiger partial charge in [0.1, 0.15) is 17.7 Å². The van der Waals surface area contributed by atoms with Gasteiger partial charge in [0.15, 0.2) is 5.13 Å². The van der Waals surface area contributed by atoms with Gasteiger partial charge in [-0.1, -0.05) is 41.9 Å². The number of rotatable bonds is 7. The van der Waals surface area contributed by atoms with Crippen LogP contribution < -0.4 is 9.46 Å². The first kappa shape index (κ1) is 21.4. The minimum atomic E-state index is -0.362. The summed E-state index contributed by atoms with van der Waals surface area (Å²) in [6, 6.07) is 13.9. The average molecular weight is 464 g/mol. The van der Waals surface area contributed by atoms with Gasteiger partial charge in [0.2, 0.25) is 0 Å². The number of thiazole rings is 1. The number of halogens is 2. The Hall–Kier alpha value is -1.80. The lowest BCUT2D eigenvalue weighted by Gasteiger charge is -2.36. The van der Waals surface area contributed by atoms with E-state index in [1.807, 2.05) is 11.4 Å². The maximum atomic E-state index is 14.5. The summed E-state index contributed by atoms with van der Waals surface area (Å²) >= 11 is 8.99. The minimum absolute atomic E-state index is 0.0353. The number of benzene rings is 2. The zero-order valence-corrected chi connectivity index (χ0v) is 18.9. The van der Waals surface area contributed by atoms with Gasteiger partial charge in [-0.15, -0.1) is 11.3 Å². The van der Waals surface area contributed by atoms with Crippen LogP contribution in [0.2, 0.25) is 5.02 Å². The van der Waals surface area contributed by atoms with E-state index in [-0.39, 0.29) is 11.9 Å². The molecule has 1 atom stereocenters. The molecule has 0 bridgehead atoms. The summed E-state index contributed by atoms with van der Waals surface area (Å²) in [5.74, 6) is 0.0425. The third-order valence-corrected chi connectivity index (χ3v) is 7.21. The first-order chi connectivity index (χ1) is 14.6. The second-order valence-electron chi connectivity index (χ2n) is 7.19. The molecule has 1 aliphatic heterocycles. The van der Waals surface area contributed by atoms with Gasteiger partial charge in [0.25, 0.3) is 0 Å². The summed E-state index contributed by atoms with van der Waals surface area (Å²) in [5.41, 5.74) is 1.32. The molecule has 0 aliphatic carbocycles. The molecule has 4 nitrogen and oxygen atoms in total. The third kappa shape index (κ3) is 5.27. The van der Waals surface area contributed by atoms with Crippen molar-refractivity contribution in [2.45, 2.75) is 36.8 Å². The molecular formula is C22H23ClFN3OS2. The van der Waals surface area contributed by atoms with E-state index >= 15 is 0 Å². The molecule has 0 radical (unpaired) electrons. The molecule has 0 amide bonds. The molecule has 3 aromatic rings. The zero-order valence-electron chi connectivity index (χ0n) is 16.6. The molecule has 8 heteroatoms. The molecule has 30 heavy (non-hydrogen) atoms. The Morgan fingerprint density at radius 3 is 2.73 bits per heavy atom. The van der Waals surface area contributed by atoms with Crippen LogP contribution in [0.3, 0.4) is 0 Å². The van der Waals surface area contributed by atoms with Crippen LogP contribution >= 0.6 is 34.9 Å². The van der Waals surface area contributed by atoms with Gasteiger partial charge in [-0.25, -0.2) is 9.37 Å². The van der Waals surface area contributed by atoms with Gasteiger partial charge in [-0.2, -0.15) is 0 Å². The van der Waals surface area contributed by atoms with Crippen LogP contribution in [-0.4, -0.2) is 29.1 Å². The number of aromatic nitrogens is 1. The monoisotopic (exact) mass is 463 g/mol. The van der Waals surface area contributed by atoms with E-state index in [1.54, 1.807) is 12.3 Å². The molecule has 2 aromatic carbocycles. The SMILES string of the molecule is CC(c1ccccc1)N1CCC(Oc2cc(F)c(SNc3nccs3)cc2Cl)CC1. The van der Waals surface area contributed by atoms with Gasteiger partial charge in [-0.3, -0.25) is 4.90 Å². The molecular weight excluding hydrogens is 441 g/mol. The highest BCUT2D eigenvalue weighted by atomic mass is 35.5. The minimum Gasteiger partial charge on any atom is -0.489 e. The topological polar surface area (TPSA) is 37.4 Å². The van der Waals surface area contributed by atoms with E-state index in [9.17, 15) is 4.39 Å². The molecule has 0 saturated carbocycles. The normalized spacial score (nSPS) is 16.4. The fourth-order valence-corrected chi connectivity index (χ4v) is 5.10. The smallest absolute Gasteiger partial charge is 0.192 e. The number of hydrogen-bond donors (Lipinski definition) is 1. The van der Waals surface area contributed by atoms with Crippen molar-refractivity contribution < 1.29 is 9.13 Å². The van der Waals surface area contributed by atoms with Crippen molar-refractivity contribution in [2.24, 2.45) is 0 Å². The molecule has 1 saturated heterocycles. The molecule has 1 aromatic heterocycles. The van der Waals surface area contributed by atoms with Crippen molar-refractivity contribution in [3.63, 3.8) is 0 Å². The van der Waals surface area contributed by atoms with Crippen LogP contribution in [0.15, 0.2) is 58.9 Å². The number of anilines is 1. The summed E-state index contributed by atoms with van der Waals surface area (Å²) in [5, 5.41) is 2.99. The Bertz CT molecular complexity index is 951. The quantitative estimate of drug-likeness (QED) is 0.396. The largest absolute Gasteiger partial charge is 0.489 e. The van der Waals surface area contributed by atoms with Crippen molar-refractivity contribution in [1.82, 2.24) is 9.88 Å². The van der Waals surface area contributed by atoms with E-state index in [0.717, 1.165) is 37.9 Å². The van der Waals surface area contributed by atoms with Gasteiger partial charge in [-0.05, 0) is 43.3 Å². The molecule has 158 valence electrons. The molecule has 1 N–H and O–H groups in total. The number of ether oxygens (including phenoxy) is 1. The summed E-state index contributed by atoms with van der Waals surface area (Å²) in [7, 11) is 0. The first-order valence-electron chi connectivity index (χ1n) is 9.87. The summed E-state index contributed by atoms with van der Waals surface area (Å²) < 4.78 is 23.6. The lowest BCUT2D eigenvalue weighted by atomic mass is 10.0. The number of likely N-dealkylation sites (tertiary alicyclic amines) is 1. The molecule has 0 spiro atoms. The summed E-state index contributed by atoms with van der Waals surface area (Å²) in [6.07, 6.45) is 3.50. The Morgan fingerprint density at radius 1 is 1.27 bits per heavy atom. The van der Waals surface area contributed by atoms with Crippen molar-refractivity contribution in [3.05, 3.63) is 70.4 Å². The number of nitrogens with zero attached hydrogens (tertiary/aromatic N) is 2. The maximum absolute atomic E-state index is 14.5. The maximum Gasteiger partial charge on any atom is 0.192 e. The van der Waals surface area contributed by atoms with Crippen LogP contribution in [-0.2, 0) is 0 Å². The molecule has 1 unspecified atom stereocenters.